The van der Waals surface area contributed by atoms with Crippen molar-refractivity contribution in [1.29, 1.82) is 0 Å². The summed E-state index contributed by atoms with van der Waals surface area (Å²) in [7, 11) is 0. The van der Waals surface area contributed by atoms with Crippen LogP contribution in [0.1, 0.15) is 51.9 Å². The van der Waals surface area contributed by atoms with Gasteiger partial charge in [-0.15, -0.1) is 0 Å². The summed E-state index contributed by atoms with van der Waals surface area (Å²) in [6.07, 6.45) is 6.28. The van der Waals surface area contributed by atoms with Gasteiger partial charge >= 0.3 is 171 Å². The minimum absolute atomic E-state index is 0.0697. The van der Waals surface area contributed by atoms with E-state index in [4.69, 9.17) is 0 Å². The van der Waals surface area contributed by atoms with E-state index in [0.29, 0.717) is 30.1 Å². The Morgan fingerprint density at radius 3 is 2.61 bits per heavy atom. The summed E-state index contributed by atoms with van der Waals surface area (Å²) in [6, 6.07) is 9.77. The monoisotopic (exact) mass is 447 g/mol. The second kappa shape index (κ2) is 6.90. The number of hydrogen-bond donors (Lipinski definition) is 2. The molecule has 1 aromatic rings. The van der Waals surface area contributed by atoms with Crippen molar-refractivity contribution in [1.82, 2.24) is 5.32 Å². The van der Waals surface area contributed by atoms with Gasteiger partial charge in [-0.25, -0.2) is 0 Å². The van der Waals surface area contributed by atoms with Crippen molar-refractivity contribution >= 4 is 24.2 Å². The second-order valence-electron chi connectivity index (χ2n) is 9.37. The molecule has 1 saturated heterocycles. The van der Waals surface area contributed by atoms with Crippen molar-refractivity contribution < 1.29 is 13.7 Å². The van der Waals surface area contributed by atoms with Crippen LogP contribution in [0.5, 0.6) is 0 Å². The number of piperidine rings is 1. The Hall–Kier alpha value is -1.29. The van der Waals surface area contributed by atoms with Crippen molar-refractivity contribution in [3.63, 3.8) is 0 Å². The van der Waals surface area contributed by atoms with Gasteiger partial charge in [0.25, 0.3) is 0 Å². The summed E-state index contributed by atoms with van der Waals surface area (Å²) >= 11 is -2.41. The zero-order valence-corrected chi connectivity index (χ0v) is 18.1. The fourth-order valence-electron chi connectivity index (χ4n) is 6.76. The Balaban J connectivity index is 1.60. The molecule has 4 nitrogen and oxygen atoms in total. The van der Waals surface area contributed by atoms with Crippen LogP contribution >= 0.6 is 0 Å². The molecule has 1 heterocycles. The Morgan fingerprint density at radius 2 is 1.82 bits per heavy atom. The minimum atomic E-state index is -2.41. The molecule has 150 valence electrons. The Morgan fingerprint density at radius 1 is 1.07 bits per heavy atom. The molecule has 5 heteroatoms. The molecule has 4 aliphatic rings. The van der Waals surface area contributed by atoms with Gasteiger partial charge in [-0.3, -0.25) is 0 Å². The third-order valence-corrected chi connectivity index (χ3v) is 11.3. The predicted octanol–water partition coefficient (Wildman–Crippen LogP) is 2.84. The number of fused-ring (bicyclic) bond motifs is 5. The summed E-state index contributed by atoms with van der Waals surface area (Å²) in [4.78, 5) is 12.3. The molecular weight excluding hydrogens is 417 g/mol. The van der Waals surface area contributed by atoms with E-state index in [9.17, 15) is 13.7 Å². The van der Waals surface area contributed by atoms with Crippen molar-refractivity contribution in [2.45, 2.75) is 58.0 Å². The topological polar surface area (TPSA) is 66.4 Å². The molecule has 0 radical (unpaired) electrons. The molecule has 5 rings (SSSR count). The zero-order chi connectivity index (χ0) is 19.5. The fraction of sp³-hybridized carbons (Fsp3) is 0.609. The molecule has 2 N–H and O–H groups in total. The molecule has 6 unspecified atom stereocenters. The number of hydrogen-bond acceptors (Lipinski definition) is 3. The molecule has 7 atom stereocenters. The summed E-state index contributed by atoms with van der Waals surface area (Å²) in [5.41, 5.74) is 0.900. The van der Waals surface area contributed by atoms with Gasteiger partial charge in [-0.2, -0.15) is 0 Å². The predicted molar refractivity (Wildman–Crippen MR) is 108 cm³/mol. The van der Waals surface area contributed by atoms with Crippen LogP contribution in [-0.2, 0) is 8.63 Å². The average Bonchev–Trinajstić information content (AvgIpc) is 3.09. The van der Waals surface area contributed by atoms with Crippen LogP contribution in [0, 0.1) is 29.1 Å². The number of aliphatic hydroxyl groups excluding tert-OH is 1. The van der Waals surface area contributed by atoms with E-state index in [1.807, 2.05) is 30.3 Å². The Labute approximate surface area is 170 Å². The standard InChI is InChI=1S/C23H29NO3Se/c1-23-12-11-21(26)24-22(23)20(28(27)14-5-3-2-4-6-14)13-17-15-8-10-19(25)16(15)7-9-18(17)23/h2-6,15-19,25H,7-13H2,1H3,(H,24,26)/t15?,16?,17?,18?,19-,23?,28?/m0/s1. The summed E-state index contributed by atoms with van der Waals surface area (Å²) in [6.45, 7) is 2.30. The van der Waals surface area contributed by atoms with E-state index in [1.165, 1.54) is 0 Å². The summed E-state index contributed by atoms with van der Waals surface area (Å²) in [5, 5.41) is 13.7. The van der Waals surface area contributed by atoms with Crippen molar-refractivity contribution in [2.24, 2.45) is 29.1 Å². The maximum atomic E-state index is 13.7. The summed E-state index contributed by atoms with van der Waals surface area (Å²) < 4.78 is 15.6. The number of allylic oxidation sites excluding steroid dienone is 2. The molecule has 1 aliphatic heterocycles. The van der Waals surface area contributed by atoms with Crippen LogP contribution in [0.3, 0.4) is 0 Å². The van der Waals surface area contributed by atoms with Gasteiger partial charge in [0, 0.05) is 0 Å². The average molecular weight is 446 g/mol. The molecule has 3 aliphatic carbocycles. The zero-order valence-electron chi connectivity index (χ0n) is 16.4. The number of rotatable bonds is 2. The number of aliphatic hydroxyl groups is 1. The molecule has 0 bridgehead atoms. The van der Waals surface area contributed by atoms with Crippen LogP contribution in [0.25, 0.3) is 0 Å². The first-order valence-corrected chi connectivity index (χ1v) is 13.1. The maximum absolute atomic E-state index is 13.7. The van der Waals surface area contributed by atoms with E-state index in [-0.39, 0.29) is 17.4 Å². The molecule has 1 amide bonds. The second-order valence-corrected chi connectivity index (χ2v) is 12.5. The van der Waals surface area contributed by atoms with Gasteiger partial charge in [0.1, 0.15) is 0 Å². The van der Waals surface area contributed by atoms with Crippen molar-refractivity contribution in [3.05, 3.63) is 40.5 Å². The molecule has 0 spiro atoms. The first-order valence-electron chi connectivity index (χ1n) is 10.7. The first kappa shape index (κ1) is 18.7. The van der Waals surface area contributed by atoms with Crippen LogP contribution in [-0.4, -0.2) is 31.0 Å². The van der Waals surface area contributed by atoms with Crippen LogP contribution < -0.4 is 9.78 Å². The van der Waals surface area contributed by atoms with Crippen LogP contribution in [0.2, 0.25) is 0 Å². The number of nitrogens with one attached hydrogen (secondary N) is 1. The van der Waals surface area contributed by atoms with E-state index in [0.717, 1.165) is 53.2 Å². The van der Waals surface area contributed by atoms with Crippen LogP contribution in [0.4, 0.5) is 0 Å². The quantitative estimate of drug-likeness (QED) is 0.687. The fourth-order valence-corrected chi connectivity index (χ4v) is 9.91. The van der Waals surface area contributed by atoms with Gasteiger partial charge in [-0.05, 0) is 0 Å². The van der Waals surface area contributed by atoms with Crippen molar-refractivity contribution in [2.75, 3.05) is 0 Å². The summed E-state index contributed by atoms with van der Waals surface area (Å²) in [5.74, 6) is 2.02. The van der Waals surface area contributed by atoms with E-state index < -0.39 is 13.8 Å². The number of carbonyl (C=O) groups is 1. The van der Waals surface area contributed by atoms with Crippen molar-refractivity contribution in [3.8, 4) is 0 Å². The number of carbonyl (C=O) groups excluding carboxylic acids is 1. The molecule has 1 aromatic carbocycles. The first-order chi connectivity index (χ1) is 13.5. The molecular formula is C23H29NO3Se. The van der Waals surface area contributed by atoms with Gasteiger partial charge < -0.3 is 0 Å². The Kier molecular flexibility index (Phi) is 4.61. The van der Waals surface area contributed by atoms with E-state index in [1.54, 1.807) is 0 Å². The molecule has 2 saturated carbocycles. The van der Waals surface area contributed by atoms with Gasteiger partial charge in [0.15, 0.2) is 0 Å². The number of benzene rings is 1. The third kappa shape index (κ3) is 2.78. The van der Waals surface area contributed by atoms with E-state index in [2.05, 4.69) is 12.2 Å². The Bertz CT molecular complexity index is 851. The van der Waals surface area contributed by atoms with E-state index >= 15 is 0 Å². The normalized spacial score (nSPS) is 40.9. The van der Waals surface area contributed by atoms with Gasteiger partial charge in [0.05, 0.1) is 0 Å². The molecule has 28 heavy (non-hydrogen) atoms. The van der Waals surface area contributed by atoms with Gasteiger partial charge in [0.2, 0.25) is 0 Å². The SMILES string of the molecule is CC12CCC(=O)NC1=C([Se](=O)c1ccccc1)CC1C3CC[C@H](O)C3CCC12. The molecule has 0 aromatic heterocycles. The third-order valence-electron chi connectivity index (χ3n) is 8.12. The van der Waals surface area contributed by atoms with Crippen LogP contribution in [0.15, 0.2) is 40.5 Å². The van der Waals surface area contributed by atoms with Gasteiger partial charge in [-0.1, -0.05) is 0 Å². The molecule has 3 fully saturated rings. The number of amides is 1.